The second-order valence-corrected chi connectivity index (χ2v) is 8.35. The van der Waals surface area contributed by atoms with Crippen LogP contribution in [0.25, 0.3) is 11.1 Å². The highest BCUT2D eigenvalue weighted by Gasteiger charge is 2.18. The van der Waals surface area contributed by atoms with Crippen molar-refractivity contribution in [3.05, 3.63) is 76.4 Å². The standard InChI is InChI=1S/C25H24ClN3O5/c26-24-19(17-6-5-16-8-9-34-21(16)10-17)2-1-3-20(24)25(33)29-22-7-4-15(13-28-22)12-27-14-18(30)11-23(31)32/h1-7,10,13,18,27,30H,8-9,11-12,14H2,(H,31,32)(H,28,29,33)/t18-/m0/s1. The number of hydrogen-bond acceptors (Lipinski definition) is 6. The number of nitrogens with one attached hydrogen (secondary N) is 2. The molecular weight excluding hydrogens is 458 g/mol. The first-order chi connectivity index (χ1) is 16.4. The molecule has 0 bridgehead atoms. The van der Waals surface area contributed by atoms with Crippen molar-refractivity contribution in [2.75, 3.05) is 18.5 Å². The summed E-state index contributed by atoms with van der Waals surface area (Å²) in [6.07, 6.45) is 1.20. The number of amides is 1. The summed E-state index contributed by atoms with van der Waals surface area (Å²) in [7, 11) is 0. The van der Waals surface area contributed by atoms with Gasteiger partial charge in [0.2, 0.25) is 0 Å². The molecule has 1 atom stereocenters. The topological polar surface area (TPSA) is 121 Å². The number of anilines is 1. The predicted octanol–water partition coefficient (Wildman–Crippen LogP) is 3.51. The van der Waals surface area contributed by atoms with Gasteiger partial charge < -0.3 is 25.6 Å². The van der Waals surface area contributed by atoms with Crippen molar-refractivity contribution in [1.82, 2.24) is 10.3 Å². The van der Waals surface area contributed by atoms with Crippen LogP contribution < -0.4 is 15.4 Å². The minimum absolute atomic E-state index is 0.149. The van der Waals surface area contributed by atoms with Crippen molar-refractivity contribution < 1.29 is 24.5 Å². The Morgan fingerprint density at radius 1 is 1.18 bits per heavy atom. The van der Waals surface area contributed by atoms with E-state index in [4.69, 9.17) is 21.4 Å². The quantitative estimate of drug-likeness (QED) is 0.369. The molecule has 4 rings (SSSR count). The van der Waals surface area contributed by atoms with Gasteiger partial charge in [-0.25, -0.2) is 4.98 Å². The third kappa shape index (κ3) is 5.72. The maximum Gasteiger partial charge on any atom is 0.306 e. The van der Waals surface area contributed by atoms with E-state index in [9.17, 15) is 14.7 Å². The molecule has 1 aliphatic rings. The Bertz CT molecular complexity index is 1200. The SMILES string of the molecule is O=C(O)C[C@H](O)CNCc1ccc(NC(=O)c2cccc(-c3ccc4c(c3)OCC4)c2Cl)nc1. The molecule has 1 amide bonds. The number of aliphatic hydroxyl groups excluding tert-OH is 1. The molecule has 0 radical (unpaired) electrons. The number of rotatable bonds is 9. The molecule has 0 saturated heterocycles. The zero-order chi connectivity index (χ0) is 24.1. The fraction of sp³-hybridized carbons (Fsp3) is 0.240. The molecular formula is C25H24ClN3O5. The summed E-state index contributed by atoms with van der Waals surface area (Å²) in [6.45, 7) is 1.22. The van der Waals surface area contributed by atoms with Crippen LogP contribution in [0, 0.1) is 0 Å². The minimum atomic E-state index is -1.05. The number of carbonyl (C=O) groups is 2. The van der Waals surface area contributed by atoms with Crippen LogP contribution in [0.3, 0.4) is 0 Å². The number of carboxylic acids is 1. The summed E-state index contributed by atoms with van der Waals surface area (Å²) < 4.78 is 5.65. The van der Waals surface area contributed by atoms with Gasteiger partial charge in [-0.3, -0.25) is 9.59 Å². The number of halogens is 1. The van der Waals surface area contributed by atoms with Gasteiger partial charge in [-0.1, -0.05) is 41.9 Å². The van der Waals surface area contributed by atoms with Crippen LogP contribution in [-0.4, -0.2) is 46.3 Å². The van der Waals surface area contributed by atoms with Crippen molar-refractivity contribution in [3.8, 4) is 16.9 Å². The second kappa shape index (κ2) is 10.6. The number of benzene rings is 2. The molecule has 0 unspecified atom stereocenters. The van der Waals surface area contributed by atoms with Gasteiger partial charge in [0.25, 0.3) is 5.91 Å². The third-order valence-corrected chi connectivity index (χ3v) is 5.84. The molecule has 8 nitrogen and oxygen atoms in total. The van der Waals surface area contributed by atoms with Crippen molar-refractivity contribution in [3.63, 3.8) is 0 Å². The summed E-state index contributed by atoms with van der Waals surface area (Å²) >= 11 is 6.61. The summed E-state index contributed by atoms with van der Waals surface area (Å²) in [5.74, 6) is -0.215. The van der Waals surface area contributed by atoms with E-state index in [2.05, 4.69) is 15.6 Å². The van der Waals surface area contributed by atoms with Crippen LogP contribution in [0.15, 0.2) is 54.7 Å². The number of ether oxygens (including phenoxy) is 1. The van der Waals surface area contributed by atoms with Gasteiger partial charge in [-0.05, 0) is 34.9 Å². The van der Waals surface area contributed by atoms with Gasteiger partial charge in [0.15, 0.2) is 0 Å². The summed E-state index contributed by atoms with van der Waals surface area (Å²) in [5, 5.41) is 24.3. The molecule has 4 N–H and O–H groups in total. The number of hydrogen-bond donors (Lipinski definition) is 4. The predicted molar refractivity (Wildman–Crippen MR) is 128 cm³/mol. The summed E-state index contributed by atoms with van der Waals surface area (Å²) in [5.41, 5.74) is 3.94. The Kier molecular flexibility index (Phi) is 7.42. The minimum Gasteiger partial charge on any atom is -0.493 e. The van der Waals surface area contributed by atoms with E-state index in [0.717, 1.165) is 34.4 Å². The van der Waals surface area contributed by atoms with E-state index >= 15 is 0 Å². The van der Waals surface area contributed by atoms with Crippen LogP contribution in [-0.2, 0) is 17.8 Å². The van der Waals surface area contributed by atoms with Crippen LogP contribution in [0.4, 0.5) is 5.82 Å². The van der Waals surface area contributed by atoms with Crippen molar-refractivity contribution in [2.24, 2.45) is 0 Å². The number of carbonyl (C=O) groups excluding carboxylic acids is 1. The lowest BCUT2D eigenvalue weighted by molar-refractivity contribution is -0.139. The van der Waals surface area contributed by atoms with Crippen molar-refractivity contribution >= 4 is 29.3 Å². The molecule has 2 heterocycles. The third-order valence-electron chi connectivity index (χ3n) is 5.44. The smallest absolute Gasteiger partial charge is 0.306 e. The fourth-order valence-corrected chi connectivity index (χ4v) is 4.03. The van der Waals surface area contributed by atoms with Gasteiger partial charge in [0.1, 0.15) is 11.6 Å². The molecule has 34 heavy (non-hydrogen) atoms. The number of carboxylic acid groups (broad SMARTS) is 1. The number of nitrogens with zero attached hydrogens (tertiary/aromatic N) is 1. The molecule has 0 aliphatic carbocycles. The first-order valence-electron chi connectivity index (χ1n) is 10.8. The highest BCUT2D eigenvalue weighted by atomic mass is 35.5. The lowest BCUT2D eigenvalue weighted by Crippen LogP contribution is -2.28. The molecule has 1 aliphatic heterocycles. The highest BCUT2D eigenvalue weighted by molar-refractivity contribution is 6.37. The maximum atomic E-state index is 12.9. The fourth-order valence-electron chi connectivity index (χ4n) is 3.71. The second-order valence-electron chi connectivity index (χ2n) is 7.98. The van der Waals surface area contributed by atoms with E-state index in [0.29, 0.717) is 29.6 Å². The normalized spacial score (nSPS) is 13.1. The number of aliphatic carboxylic acids is 1. The Labute approximate surface area is 201 Å². The van der Waals surface area contributed by atoms with E-state index in [1.54, 1.807) is 30.5 Å². The molecule has 1 aromatic heterocycles. The highest BCUT2D eigenvalue weighted by Crippen LogP contribution is 2.35. The average molecular weight is 482 g/mol. The van der Waals surface area contributed by atoms with Gasteiger partial charge in [-0.2, -0.15) is 0 Å². The molecule has 3 aromatic rings. The Balaban J connectivity index is 1.39. The number of aromatic nitrogens is 1. The van der Waals surface area contributed by atoms with Crippen molar-refractivity contribution in [1.29, 1.82) is 0 Å². The zero-order valence-electron chi connectivity index (χ0n) is 18.3. The van der Waals surface area contributed by atoms with E-state index < -0.39 is 12.1 Å². The van der Waals surface area contributed by atoms with Crippen LogP contribution >= 0.6 is 11.6 Å². The first-order valence-corrected chi connectivity index (χ1v) is 11.2. The largest absolute Gasteiger partial charge is 0.493 e. The monoisotopic (exact) mass is 481 g/mol. The van der Waals surface area contributed by atoms with E-state index in [-0.39, 0.29) is 18.9 Å². The van der Waals surface area contributed by atoms with Crippen LogP contribution in [0.5, 0.6) is 5.75 Å². The lowest BCUT2D eigenvalue weighted by atomic mass is 10.0. The molecule has 2 aromatic carbocycles. The lowest BCUT2D eigenvalue weighted by Gasteiger charge is -2.12. The molecule has 0 fully saturated rings. The van der Waals surface area contributed by atoms with Crippen molar-refractivity contribution in [2.45, 2.75) is 25.5 Å². The number of pyridine rings is 1. The summed E-state index contributed by atoms with van der Waals surface area (Å²) in [6, 6.07) is 14.7. The zero-order valence-corrected chi connectivity index (χ0v) is 19.0. The Morgan fingerprint density at radius 3 is 2.79 bits per heavy atom. The van der Waals surface area contributed by atoms with E-state index in [1.165, 1.54) is 0 Å². The molecule has 176 valence electrons. The molecule has 9 heteroatoms. The van der Waals surface area contributed by atoms with Gasteiger partial charge >= 0.3 is 5.97 Å². The molecule has 0 spiro atoms. The first kappa shape index (κ1) is 23.7. The maximum absolute atomic E-state index is 12.9. The number of aliphatic hydroxyl groups is 1. The van der Waals surface area contributed by atoms with Gasteiger partial charge in [0, 0.05) is 31.3 Å². The van der Waals surface area contributed by atoms with Crippen LogP contribution in [0.2, 0.25) is 5.02 Å². The average Bonchev–Trinajstić information content (AvgIpc) is 3.28. The van der Waals surface area contributed by atoms with Gasteiger partial charge in [0.05, 0.1) is 29.7 Å². The summed E-state index contributed by atoms with van der Waals surface area (Å²) in [4.78, 5) is 27.7. The molecule has 0 saturated carbocycles. The van der Waals surface area contributed by atoms with E-state index in [1.807, 2.05) is 24.3 Å². The Morgan fingerprint density at radius 2 is 2.03 bits per heavy atom. The van der Waals surface area contributed by atoms with Crippen LogP contribution in [0.1, 0.15) is 27.9 Å². The van der Waals surface area contributed by atoms with Gasteiger partial charge in [-0.15, -0.1) is 0 Å². The Hall–Kier alpha value is -3.46. The number of fused-ring (bicyclic) bond motifs is 1.